The van der Waals surface area contributed by atoms with E-state index in [0.717, 1.165) is 16.6 Å². The van der Waals surface area contributed by atoms with Crippen molar-refractivity contribution in [2.24, 2.45) is 5.73 Å². The number of carbonyl (C=O) groups excluding carboxylic acids is 1. The summed E-state index contributed by atoms with van der Waals surface area (Å²) in [5, 5.41) is 3.27. The topological polar surface area (TPSA) is 82.2 Å². The highest BCUT2D eigenvalue weighted by atomic mass is 35.5. The van der Waals surface area contributed by atoms with Gasteiger partial charge in [-0.1, -0.05) is 23.7 Å². The highest BCUT2D eigenvalue weighted by molar-refractivity contribution is 6.35. The summed E-state index contributed by atoms with van der Waals surface area (Å²) in [5.74, 6) is 0.105. The molecule has 0 aliphatic heterocycles. The Bertz CT molecular complexity index is 1000. The maximum atomic E-state index is 13.3. The van der Waals surface area contributed by atoms with Crippen LogP contribution >= 0.6 is 11.6 Å². The van der Waals surface area contributed by atoms with E-state index in [1.54, 1.807) is 25.1 Å². The van der Waals surface area contributed by atoms with Crippen LogP contribution in [0.15, 0.2) is 36.4 Å². The van der Waals surface area contributed by atoms with Crippen LogP contribution in [0, 0.1) is 5.82 Å². The van der Waals surface area contributed by atoms with Gasteiger partial charge in [-0.25, -0.2) is 9.37 Å². The lowest BCUT2D eigenvalue weighted by molar-refractivity contribution is -0.122. The van der Waals surface area contributed by atoms with Crippen molar-refractivity contribution >= 4 is 28.5 Å². The molecule has 1 aromatic heterocycles. The summed E-state index contributed by atoms with van der Waals surface area (Å²) in [6.45, 7) is 5.43. The lowest BCUT2D eigenvalue weighted by Crippen LogP contribution is -2.38. The number of nitrogens with zero attached hydrogens (tertiary/aromatic N) is 2. The van der Waals surface area contributed by atoms with Gasteiger partial charge in [0.1, 0.15) is 17.2 Å². The van der Waals surface area contributed by atoms with Crippen molar-refractivity contribution in [3.63, 3.8) is 0 Å². The van der Waals surface area contributed by atoms with Gasteiger partial charge < -0.3 is 20.4 Å². The molecule has 29 heavy (non-hydrogen) atoms. The number of carbonyl (C=O) groups is 1. The fourth-order valence-electron chi connectivity index (χ4n) is 3.05. The summed E-state index contributed by atoms with van der Waals surface area (Å²) in [6, 6.07) is 9.40. The summed E-state index contributed by atoms with van der Waals surface area (Å²) in [5.41, 5.74) is 8.78. The molecular formula is C21H24ClFN4O2. The first-order chi connectivity index (χ1) is 13.9. The molecule has 6 nitrogen and oxygen atoms in total. The second kappa shape index (κ2) is 9.35. The number of hydrogen-bond donors (Lipinski definition) is 2. The Morgan fingerprint density at radius 1 is 1.31 bits per heavy atom. The van der Waals surface area contributed by atoms with Gasteiger partial charge in [-0.05, 0) is 49.2 Å². The molecule has 0 saturated carbocycles. The van der Waals surface area contributed by atoms with E-state index < -0.39 is 6.04 Å². The predicted molar refractivity (Wildman–Crippen MR) is 112 cm³/mol. The molecule has 0 unspecified atom stereocenters. The Morgan fingerprint density at radius 3 is 2.69 bits per heavy atom. The first-order valence-electron chi connectivity index (χ1n) is 9.46. The van der Waals surface area contributed by atoms with Crippen molar-refractivity contribution in [3.05, 3.63) is 53.1 Å². The predicted octanol–water partition coefficient (Wildman–Crippen LogP) is 3.50. The first kappa shape index (κ1) is 21.2. The summed E-state index contributed by atoms with van der Waals surface area (Å²) in [4.78, 5) is 16.5. The van der Waals surface area contributed by atoms with Crippen molar-refractivity contribution in [2.45, 2.75) is 33.0 Å². The van der Waals surface area contributed by atoms with Crippen molar-refractivity contribution in [1.82, 2.24) is 14.9 Å². The first-order valence-corrected chi connectivity index (χ1v) is 9.84. The van der Waals surface area contributed by atoms with Crippen LogP contribution in [0.4, 0.5) is 4.39 Å². The number of ether oxygens (including phenoxy) is 1. The maximum Gasteiger partial charge on any atom is 0.237 e. The number of nitrogens with two attached hydrogens (primary N) is 1. The highest BCUT2D eigenvalue weighted by Crippen LogP contribution is 2.31. The standard InChI is InChI=1S/C21H24ClFN4O2/c1-3-29-9-8-27-18-11-15(14-4-6-16(23)7-5-14)10-17(22)20(18)26-19(27)12-25-21(28)13(2)24/h4-7,10-11,13H,3,8-9,12,24H2,1-2H3,(H,25,28)/t13-/m0/s1. The zero-order valence-corrected chi connectivity index (χ0v) is 17.2. The third-order valence-corrected chi connectivity index (χ3v) is 4.85. The van der Waals surface area contributed by atoms with Crippen molar-refractivity contribution < 1.29 is 13.9 Å². The monoisotopic (exact) mass is 418 g/mol. The second-order valence-electron chi connectivity index (χ2n) is 6.72. The van der Waals surface area contributed by atoms with E-state index >= 15 is 0 Å². The Labute approximate surface area is 173 Å². The number of rotatable bonds is 8. The number of hydrogen-bond acceptors (Lipinski definition) is 4. The SMILES string of the molecule is CCOCCn1c(CNC(=O)[C@H](C)N)nc2c(Cl)cc(-c3ccc(F)cc3)cc21. The van der Waals surface area contributed by atoms with Crippen LogP contribution in [0.5, 0.6) is 0 Å². The fourth-order valence-corrected chi connectivity index (χ4v) is 3.31. The molecule has 1 amide bonds. The summed E-state index contributed by atoms with van der Waals surface area (Å²) in [7, 11) is 0. The summed E-state index contributed by atoms with van der Waals surface area (Å²) < 4.78 is 20.8. The Kier molecular flexibility index (Phi) is 6.84. The van der Waals surface area contributed by atoms with Crippen molar-refractivity contribution in [2.75, 3.05) is 13.2 Å². The molecule has 0 fully saturated rings. The third kappa shape index (κ3) is 4.93. The smallest absolute Gasteiger partial charge is 0.237 e. The molecule has 8 heteroatoms. The maximum absolute atomic E-state index is 13.3. The minimum absolute atomic E-state index is 0.226. The minimum Gasteiger partial charge on any atom is -0.380 e. The van der Waals surface area contributed by atoms with Crippen LogP contribution in [-0.4, -0.2) is 34.7 Å². The zero-order valence-electron chi connectivity index (χ0n) is 16.4. The molecule has 3 N–H and O–H groups in total. The molecule has 0 bridgehead atoms. The largest absolute Gasteiger partial charge is 0.380 e. The van der Waals surface area contributed by atoms with Crippen LogP contribution in [0.2, 0.25) is 5.02 Å². The van der Waals surface area contributed by atoms with Gasteiger partial charge in [0.15, 0.2) is 0 Å². The van der Waals surface area contributed by atoms with E-state index in [1.807, 2.05) is 17.6 Å². The summed E-state index contributed by atoms with van der Waals surface area (Å²) in [6.07, 6.45) is 0. The van der Waals surface area contributed by atoms with Gasteiger partial charge in [-0.3, -0.25) is 4.79 Å². The Morgan fingerprint density at radius 2 is 2.03 bits per heavy atom. The van der Waals surface area contributed by atoms with Crippen molar-refractivity contribution in [1.29, 1.82) is 0 Å². The molecule has 2 aromatic carbocycles. The average Bonchev–Trinajstić information content (AvgIpc) is 3.05. The number of aromatic nitrogens is 2. The van der Waals surface area contributed by atoms with Gasteiger partial charge in [0.25, 0.3) is 0 Å². The van der Waals surface area contributed by atoms with Crippen LogP contribution < -0.4 is 11.1 Å². The van der Waals surface area contributed by atoms with E-state index in [-0.39, 0.29) is 18.3 Å². The highest BCUT2D eigenvalue weighted by Gasteiger charge is 2.16. The molecule has 0 radical (unpaired) electrons. The average molecular weight is 419 g/mol. The molecule has 1 atom stereocenters. The number of imidazole rings is 1. The molecule has 3 aromatic rings. The lowest BCUT2D eigenvalue weighted by atomic mass is 10.1. The number of halogens is 2. The van der Waals surface area contributed by atoms with Gasteiger partial charge >= 0.3 is 0 Å². The quantitative estimate of drug-likeness (QED) is 0.548. The second-order valence-corrected chi connectivity index (χ2v) is 7.12. The normalized spacial score (nSPS) is 12.3. The third-order valence-electron chi connectivity index (χ3n) is 4.56. The van der Waals surface area contributed by atoms with Crippen LogP contribution in [0.25, 0.3) is 22.2 Å². The minimum atomic E-state index is -0.607. The fraction of sp³-hybridized carbons (Fsp3) is 0.333. The van der Waals surface area contributed by atoms with E-state index in [9.17, 15) is 9.18 Å². The molecular weight excluding hydrogens is 395 g/mol. The van der Waals surface area contributed by atoms with Gasteiger partial charge in [0.05, 0.1) is 29.7 Å². The molecule has 0 spiro atoms. The number of fused-ring (bicyclic) bond motifs is 1. The lowest BCUT2D eigenvalue weighted by Gasteiger charge is -2.12. The number of amides is 1. The van der Waals surface area contributed by atoms with E-state index in [1.165, 1.54) is 12.1 Å². The number of benzene rings is 2. The van der Waals surface area contributed by atoms with Crippen LogP contribution in [0.3, 0.4) is 0 Å². The molecule has 3 rings (SSSR count). The van der Waals surface area contributed by atoms with Crippen molar-refractivity contribution in [3.8, 4) is 11.1 Å². The Hall–Kier alpha value is -2.48. The van der Waals surface area contributed by atoms with E-state index in [4.69, 9.17) is 22.1 Å². The molecule has 0 aliphatic rings. The zero-order chi connectivity index (χ0) is 21.0. The van der Waals surface area contributed by atoms with E-state index in [0.29, 0.717) is 36.1 Å². The van der Waals surface area contributed by atoms with E-state index in [2.05, 4.69) is 10.3 Å². The molecule has 0 saturated heterocycles. The van der Waals surface area contributed by atoms with Gasteiger partial charge in [-0.15, -0.1) is 0 Å². The Balaban J connectivity index is 2.03. The van der Waals surface area contributed by atoms with Crippen LogP contribution in [-0.2, 0) is 22.6 Å². The summed E-state index contributed by atoms with van der Waals surface area (Å²) >= 11 is 6.51. The van der Waals surface area contributed by atoms with Crippen LogP contribution in [0.1, 0.15) is 19.7 Å². The van der Waals surface area contributed by atoms with Gasteiger partial charge in [0, 0.05) is 13.2 Å². The number of nitrogens with one attached hydrogen (secondary N) is 1. The molecule has 0 aliphatic carbocycles. The van der Waals surface area contributed by atoms with Gasteiger partial charge in [0.2, 0.25) is 5.91 Å². The molecule has 154 valence electrons. The van der Waals surface area contributed by atoms with Gasteiger partial charge in [-0.2, -0.15) is 0 Å². The molecule has 1 heterocycles.